The first kappa shape index (κ1) is 19.8. The molecule has 3 heterocycles. The van der Waals surface area contributed by atoms with E-state index in [0.717, 1.165) is 26.0 Å². The summed E-state index contributed by atoms with van der Waals surface area (Å²) in [4.78, 5) is 25.2. The van der Waals surface area contributed by atoms with Gasteiger partial charge >= 0.3 is 5.97 Å². The number of morpholine rings is 1. The third kappa shape index (κ3) is 4.50. The van der Waals surface area contributed by atoms with E-state index in [-0.39, 0.29) is 6.10 Å². The normalized spacial score (nSPS) is 21.1. The number of rotatable bonds is 6. The van der Waals surface area contributed by atoms with Gasteiger partial charge in [0.15, 0.2) is 0 Å². The van der Waals surface area contributed by atoms with E-state index < -0.39 is 11.4 Å². The van der Waals surface area contributed by atoms with Crippen LogP contribution in [0.3, 0.4) is 0 Å². The zero-order chi connectivity index (χ0) is 19.4. The van der Waals surface area contributed by atoms with Crippen LogP contribution in [0.5, 0.6) is 0 Å². The summed E-state index contributed by atoms with van der Waals surface area (Å²) in [7, 11) is 1.96. The van der Waals surface area contributed by atoms with Gasteiger partial charge in [-0.25, -0.2) is 4.98 Å². The molecule has 0 aromatic carbocycles. The summed E-state index contributed by atoms with van der Waals surface area (Å²) in [6.07, 6.45) is 5.21. The minimum Gasteiger partial charge on any atom is -0.481 e. The van der Waals surface area contributed by atoms with Gasteiger partial charge in [-0.2, -0.15) is 4.98 Å². The molecule has 0 amide bonds. The molecule has 1 atom stereocenters. The Labute approximate surface area is 160 Å². The highest BCUT2D eigenvalue weighted by Crippen LogP contribution is 2.32. The molecule has 1 N–H and O–H groups in total. The molecule has 3 rings (SSSR count). The number of ether oxygens (including phenoxy) is 2. The van der Waals surface area contributed by atoms with Crippen molar-refractivity contribution in [2.24, 2.45) is 0 Å². The molecule has 2 saturated heterocycles. The Kier molecular flexibility index (Phi) is 6.16. The van der Waals surface area contributed by atoms with Gasteiger partial charge < -0.3 is 24.4 Å². The van der Waals surface area contributed by atoms with Gasteiger partial charge in [-0.1, -0.05) is 0 Å². The maximum Gasteiger partial charge on any atom is 0.313 e. The summed E-state index contributed by atoms with van der Waals surface area (Å²) in [6, 6.07) is 0. The van der Waals surface area contributed by atoms with E-state index in [1.54, 1.807) is 20.0 Å². The number of nitrogens with zero attached hydrogens (tertiary/aromatic N) is 4. The van der Waals surface area contributed by atoms with Crippen molar-refractivity contribution in [3.63, 3.8) is 0 Å². The topological polar surface area (TPSA) is 88.0 Å². The van der Waals surface area contributed by atoms with Crippen LogP contribution in [0.1, 0.15) is 38.7 Å². The molecule has 8 heteroatoms. The molecular formula is C19H30N4O4. The van der Waals surface area contributed by atoms with E-state index in [9.17, 15) is 9.90 Å². The summed E-state index contributed by atoms with van der Waals surface area (Å²) in [5, 5.41) is 9.69. The van der Waals surface area contributed by atoms with Gasteiger partial charge in [0.05, 0.1) is 24.7 Å². The lowest BCUT2D eigenvalue weighted by Crippen LogP contribution is -2.40. The van der Waals surface area contributed by atoms with Crippen LogP contribution in [0.15, 0.2) is 6.20 Å². The summed E-state index contributed by atoms with van der Waals surface area (Å²) in [5.41, 5.74) is -0.444. The Balaban J connectivity index is 1.88. The van der Waals surface area contributed by atoms with Gasteiger partial charge in [0.2, 0.25) is 5.95 Å². The lowest BCUT2D eigenvalue weighted by Gasteiger charge is -2.33. The fraction of sp³-hybridized carbons (Fsp3) is 0.737. The van der Waals surface area contributed by atoms with Gasteiger partial charge in [0, 0.05) is 45.0 Å². The number of hydrogen-bond acceptors (Lipinski definition) is 7. The molecule has 0 spiro atoms. The fourth-order valence-electron chi connectivity index (χ4n) is 3.46. The molecule has 27 heavy (non-hydrogen) atoms. The monoisotopic (exact) mass is 378 g/mol. The second kappa shape index (κ2) is 8.39. The number of carbonyl (C=O) groups is 1. The second-order valence-electron chi connectivity index (χ2n) is 7.81. The van der Waals surface area contributed by atoms with Crippen LogP contribution in [0.4, 0.5) is 11.8 Å². The highest BCUT2D eigenvalue weighted by molar-refractivity contribution is 5.82. The molecule has 1 aromatic heterocycles. The smallest absolute Gasteiger partial charge is 0.313 e. The summed E-state index contributed by atoms with van der Waals surface area (Å²) in [5.74, 6) is 0.389. The van der Waals surface area contributed by atoms with Crippen molar-refractivity contribution in [1.29, 1.82) is 0 Å². The summed E-state index contributed by atoms with van der Waals surface area (Å²) >= 11 is 0. The first-order valence-corrected chi connectivity index (χ1v) is 9.66. The van der Waals surface area contributed by atoms with Gasteiger partial charge in [-0.15, -0.1) is 0 Å². The molecule has 0 bridgehead atoms. The molecule has 0 unspecified atom stereocenters. The number of aromatic nitrogens is 2. The Bertz CT molecular complexity index is 655. The summed E-state index contributed by atoms with van der Waals surface area (Å²) in [6.45, 7) is 7.52. The Morgan fingerprint density at radius 1 is 1.33 bits per heavy atom. The maximum absolute atomic E-state index is 11.8. The van der Waals surface area contributed by atoms with Crippen molar-refractivity contribution in [3.8, 4) is 0 Å². The highest BCUT2D eigenvalue weighted by atomic mass is 16.5. The molecule has 0 aliphatic carbocycles. The molecule has 2 fully saturated rings. The van der Waals surface area contributed by atoms with E-state index >= 15 is 0 Å². The molecule has 1 aromatic rings. The van der Waals surface area contributed by atoms with E-state index in [0.29, 0.717) is 43.6 Å². The van der Waals surface area contributed by atoms with Crippen LogP contribution in [0.2, 0.25) is 0 Å². The first-order valence-electron chi connectivity index (χ1n) is 9.66. The van der Waals surface area contributed by atoms with Crippen LogP contribution in [0, 0.1) is 0 Å². The molecule has 8 nitrogen and oxygen atoms in total. The first-order chi connectivity index (χ1) is 12.9. The van der Waals surface area contributed by atoms with Crippen molar-refractivity contribution in [2.45, 2.75) is 44.6 Å². The lowest BCUT2D eigenvalue weighted by molar-refractivity contribution is -0.142. The molecule has 0 radical (unpaired) electrons. The predicted octanol–water partition coefficient (Wildman–Crippen LogP) is 1.68. The van der Waals surface area contributed by atoms with Gasteiger partial charge in [0.1, 0.15) is 5.82 Å². The van der Waals surface area contributed by atoms with Crippen molar-refractivity contribution in [2.75, 3.05) is 56.3 Å². The SMILES string of the molecule is CN(C[C@H]1CCCCO1)c1ncc(C(C)(C)C(=O)O)c(N2CCOCC2)n1. The Morgan fingerprint density at radius 2 is 2.07 bits per heavy atom. The number of aliphatic carboxylic acids is 1. The van der Waals surface area contributed by atoms with Crippen LogP contribution in [-0.2, 0) is 19.7 Å². The van der Waals surface area contributed by atoms with Gasteiger partial charge in [-0.3, -0.25) is 4.79 Å². The largest absolute Gasteiger partial charge is 0.481 e. The van der Waals surface area contributed by atoms with E-state index in [1.807, 2.05) is 11.9 Å². The molecule has 2 aliphatic rings. The van der Waals surface area contributed by atoms with Crippen molar-refractivity contribution in [1.82, 2.24) is 9.97 Å². The number of anilines is 2. The molecular weight excluding hydrogens is 348 g/mol. The summed E-state index contributed by atoms with van der Waals surface area (Å²) < 4.78 is 11.3. The van der Waals surface area contributed by atoms with Crippen LogP contribution in [-0.4, -0.2) is 73.7 Å². The molecule has 0 saturated carbocycles. The standard InChI is InChI=1S/C19H30N4O4/c1-19(2,17(24)25)15-12-20-18(21-16(15)23-7-10-26-11-8-23)22(3)13-14-6-4-5-9-27-14/h12,14H,4-11,13H2,1-3H3,(H,24,25)/t14-/m1/s1. The van der Waals surface area contributed by atoms with Crippen LogP contribution < -0.4 is 9.80 Å². The average Bonchev–Trinajstić information content (AvgIpc) is 2.68. The van der Waals surface area contributed by atoms with E-state index in [4.69, 9.17) is 14.5 Å². The number of hydrogen-bond donors (Lipinski definition) is 1. The van der Waals surface area contributed by atoms with Crippen molar-refractivity contribution >= 4 is 17.7 Å². The average molecular weight is 378 g/mol. The Hall–Kier alpha value is -1.93. The zero-order valence-corrected chi connectivity index (χ0v) is 16.5. The third-order valence-electron chi connectivity index (χ3n) is 5.37. The van der Waals surface area contributed by atoms with Crippen LogP contribution >= 0.6 is 0 Å². The van der Waals surface area contributed by atoms with E-state index in [1.165, 1.54) is 6.42 Å². The highest BCUT2D eigenvalue weighted by Gasteiger charge is 2.35. The lowest BCUT2D eigenvalue weighted by atomic mass is 9.85. The number of carboxylic acids is 1. The maximum atomic E-state index is 11.8. The number of likely N-dealkylation sites (N-methyl/N-ethyl adjacent to an activating group) is 1. The van der Waals surface area contributed by atoms with Crippen LogP contribution in [0.25, 0.3) is 0 Å². The minimum atomic E-state index is -1.07. The van der Waals surface area contributed by atoms with E-state index in [2.05, 4.69) is 9.88 Å². The minimum absolute atomic E-state index is 0.189. The quantitative estimate of drug-likeness (QED) is 0.800. The fourth-order valence-corrected chi connectivity index (χ4v) is 3.46. The Morgan fingerprint density at radius 3 is 2.70 bits per heavy atom. The van der Waals surface area contributed by atoms with Crippen molar-refractivity contribution < 1.29 is 19.4 Å². The molecule has 2 aliphatic heterocycles. The predicted molar refractivity (Wildman–Crippen MR) is 103 cm³/mol. The molecule has 150 valence electrons. The second-order valence-corrected chi connectivity index (χ2v) is 7.81. The zero-order valence-electron chi connectivity index (χ0n) is 16.5. The van der Waals surface area contributed by atoms with Gasteiger partial charge in [-0.05, 0) is 33.1 Å². The number of carboxylic acid groups (broad SMARTS) is 1. The van der Waals surface area contributed by atoms with Crippen molar-refractivity contribution in [3.05, 3.63) is 11.8 Å². The third-order valence-corrected chi connectivity index (χ3v) is 5.37. The van der Waals surface area contributed by atoms with Gasteiger partial charge in [0.25, 0.3) is 0 Å².